The molecule has 3 fully saturated rings. The van der Waals surface area contributed by atoms with Crippen LogP contribution in [0.5, 0.6) is 0 Å². The summed E-state index contributed by atoms with van der Waals surface area (Å²) in [5.74, 6) is 0.916. The lowest BCUT2D eigenvalue weighted by Gasteiger charge is -2.31. The molecule has 2 N–H and O–H groups in total. The Morgan fingerprint density at radius 1 is 1.00 bits per heavy atom. The van der Waals surface area contributed by atoms with Gasteiger partial charge in [0.25, 0.3) is 0 Å². The van der Waals surface area contributed by atoms with Crippen LogP contribution in [-0.4, -0.2) is 112 Å². The van der Waals surface area contributed by atoms with Crippen molar-refractivity contribution in [3.63, 3.8) is 0 Å². The molecule has 1 amide bonds. The van der Waals surface area contributed by atoms with Crippen LogP contribution >= 0.6 is 11.8 Å². The van der Waals surface area contributed by atoms with Gasteiger partial charge in [-0.1, -0.05) is 12.5 Å². The topological polar surface area (TPSA) is 76.9 Å². The lowest BCUT2D eigenvalue weighted by Crippen LogP contribution is -2.40. The molecule has 0 radical (unpaired) electrons. The third-order valence-electron chi connectivity index (χ3n) is 10.5. The van der Waals surface area contributed by atoms with E-state index in [4.69, 9.17) is 5.10 Å². The van der Waals surface area contributed by atoms with Gasteiger partial charge in [0.05, 0.1) is 23.9 Å². The van der Waals surface area contributed by atoms with E-state index in [1.807, 2.05) is 9.58 Å². The zero-order valence-electron chi connectivity index (χ0n) is 27.8. The molecule has 4 aliphatic rings. The maximum Gasteiger partial charge on any atom is 0.417 e. The molecule has 4 aliphatic heterocycles. The maximum absolute atomic E-state index is 14.2. The van der Waals surface area contributed by atoms with Crippen molar-refractivity contribution in [3.8, 4) is 11.3 Å². The van der Waals surface area contributed by atoms with Crippen LogP contribution in [0.4, 0.5) is 17.6 Å². The molecule has 6 rings (SSSR count). The van der Waals surface area contributed by atoms with E-state index in [2.05, 4.69) is 15.1 Å². The summed E-state index contributed by atoms with van der Waals surface area (Å²) in [6, 6.07) is 4.23. The average molecular weight is 695 g/mol. The smallest absolute Gasteiger partial charge is 0.390 e. The highest BCUT2D eigenvalue weighted by molar-refractivity contribution is 7.99. The normalized spacial score (nSPS) is 21.4. The number of nitrogens with zero attached hydrogens (tertiary/aromatic N) is 5. The van der Waals surface area contributed by atoms with Gasteiger partial charge in [-0.3, -0.25) is 9.48 Å². The van der Waals surface area contributed by atoms with Crippen molar-refractivity contribution in [1.82, 2.24) is 29.8 Å². The fraction of sp³-hybridized carbons (Fsp3) is 0.714. The number of nitrogens with one attached hydrogen (secondary N) is 1. The molecule has 5 heterocycles. The zero-order valence-corrected chi connectivity index (χ0v) is 28.6. The van der Waals surface area contributed by atoms with E-state index in [1.54, 1.807) is 6.07 Å². The number of hydrogen-bond donors (Lipinski definition) is 2. The first-order valence-electron chi connectivity index (χ1n) is 17.8. The van der Waals surface area contributed by atoms with Crippen LogP contribution in [0.2, 0.25) is 0 Å². The number of β-amino-alcohol motifs (C(OH)–C–C–N with tert-alkyl or cyclic N) is 1. The van der Waals surface area contributed by atoms with Crippen molar-refractivity contribution in [2.24, 2.45) is 5.92 Å². The Bertz CT molecular complexity index is 1370. The summed E-state index contributed by atoms with van der Waals surface area (Å²) in [5.41, 5.74) is 2.28. The number of alkyl halides is 4. The molecule has 0 saturated carbocycles. The van der Waals surface area contributed by atoms with Crippen LogP contribution < -0.4 is 5.32 Å². The Kier molecular flexibility index (Phi) is 12.0. The molecule has 1 aromatic carbocycles. The summed E-state index contributed by atoms with van der Waals surface area (Å²) in [6.07, 6.45) is 1.47. The minimum atomic E-state index is -4.51. The highest BCUT2D eigenvalue weighted by Gasteiger charge is 2.35. The van der Waals surface area contributed by atoms with Gasteiger partial charge >= 0.3 is 6.18 Å². The van der Waals surface area contributed by atoms with Crippen LogP contribution in [-0.2, 0) is 30.5 Å². The van der Waals surface area contributed by atoms with Crippen molar-refractivity contribution in [1.29, 1.82) is 0 Å². The van der Waals surface area contributed by atoms with Crippen LogP contribution in [0.1, 0.15) is 68.2 Å². The van der Waals surface area contributed by atoms with E-state index in [0.717, 1.165) is 69.2 Å². The second-order valence-corrected chi connectivity index (χ2v) is 15.1. The highest BCUT2D eigenvalue weighted by Crippen LogP contribution is 2.40. The number of aliphatic hydroxyl groups excluding tert-OH is 1. The van der Waals surface area contributed by atoms with Crippen molar-refractivity contribution >= 4 is 17.7 Å². The standard InChI is InChI=1S/C35H50F4N6O2S/c36-27-8-15-42(16-9-27)18-19-48-32-21-26(4-5-30(32)35(37,38)39)34-29-24-44(33(47)20-25-6-11-40-12-7-25)17-10-31(29)45(41-34)23-28(46)22-43-13-2-1-3-14-43/h4-5,21,25,27-28,40,46H,1-3,6-20,22-24H2. The summed E-state index contributed by atoms with van der Waals surface area (Å²) < 4.78 is 58.0. The quantitative estimate of drug-likeness (QED) is 0.247. The van der Waals surface area contributed by atoms with Crippen LogP contribution in [0.25, 0.3) is 11.3 Å². The minimum absolute atomic E-state index is 0.108. The van der Waals surface area contributed by atoms with E-state index >= 15 is 0 Å². The molecule has 0 bridgehead atoms. The third-order valence-corrected chi connectivity index (χ3v) is 11.5. The molecule has 266 valence electrons. The van der Waals surface area contributed by atoms with E-state index in [-0.39, 0.29) is 10.8 Å². The number of amides is 1. The van der Waals surface area contributed by atoms with Crippen molar-refractivity contribution in [3.05, 3.63) is 35.0 Å². The number of piperidine rings is 3. The molecule has 48 heavy (non-hydrogen) atoms. The van der Waals surface area contributed by atoms with Gasteiger partial charge in [0.2, 0.25) is 5.91 Å². The number of rotatable bonds is 11. The summed E-state index contributed by atoms with van der Waals surface area (Å²) in [5, 5.41) is 19.4. The summed E-state index contributed by atoms with van der Waals surface area (Å²) in [6.45, 7) is 7.35. The van der Waals surface area contributed by atoms with Gasteiger partial charge in [0, 0.05) is 79.6 Å². The molecule has 8 nitrogen and oxygen atoms in total. The van der Waals surface area contributed by atoms with Gasteiger partial charge in [-0.15, -0.1) is 11.8 Å². The lowest BCUT2D eigenvalue weighted by molar-refractivity contribution is -0.139. The first-order chi connectivity index (χ1) is 23.1. The second kappa shape index (κ2) is 16.2. The van der Waals surface area contributed by atoms with Gasteiger partial charge in [-0.05, 0) is 82.8 Å². The number of carbonyl (C=O) groups excluding carboxylic acids is 1. The molecular weight excluding hydrogens is 644 g/mol. The number of benzene rings is 1. The zero-order chi connectivity index (χ0) is 33.7. The van der Waals surface area contributed by atoms with Crippen LogP contribution in [0.15, 0.2) is 23.1 Å². The van der Waals surface area contributed by atoms with Gasteiger partial charge in [0.1, 0.15) is 6.17 Å². The molecule has 0 aliphatic carbocycles. The molecule has 1 aromatic heterocycles. The van der Waals surface area contributed by atoms with E-state index in [9.17, 15) is 27.5 Å². The molecule has 1 atom stereocenters. The van der Waals surface area contributed by atoms with Crippen molar-refractivity contribution < 1.29 is 27.5 Å². The summed E-state index contributed by atoms with van der Waals surface area (Å²) in [7, 11) is 0. The minimum Gasteiger partial charge on any atom is -0.390 e. The van der Waals surface area contributed by atoms with E-state index in [0.29, 0.717) is 94.4 Å². The molecular formula is C35H50F4N6O2S. The number of likely N-dealkylation sites (tertiary alicyclic amines) is 2. The largest absolute Gasteiger partial charge is 0.417 e. The SMILES string of the molecule is O=C(CC1CCNCC1)N1CCc2c(c(-c3ccc(C(F)(F)F)c(SCCN4CCC(F)CC4)c3)nn2CC(O)CN2CCCCC2)C1. The lowest BCUT2D eigenvalue weighted by atomic mass is 9.93. The molecule has 13 heteroatoms. The van der Waals surface area contributed by atoms with E-state index in [1.165, 1.54) is 24.2 Å². The second-order valence-electron chi connectivity index (χ2n) is 14.0. The van der Waals surface area contributed by atoms with Gasteiger partial charge in [-0.2, -0.15) is 18.3 Å². The number of carbonyl (C=O) groups is 1. The Balaban J connectivity index is 1.25. The van der Waals surface area contributed by atoms with Gasteiger partial charge in [-0.25, -0.2) is 4.39 Å². The number of hydrogen-bond acceptors (Lipinski definition) is 7. The fourth-order valence-corrected chi connectivity index (χ4v) is 8.80. The number of aromatic nitrogens is 2. The Hall–Kier alpha value is -2.19. The third kappa shape index (κ3) is 9.12. The predicted molar refractivity (Wildman–Crippen MR) is 180 cm³/mol. The number of aliphatic hydroxyl groups is 1. The monoisotopic (exact) mass is 694 g/mol. The highest BCUT2D eigenvalue weighted by atomic mass is 32.2. The average Bonchev–Trinajstić information content (AvgIpc) is 3.43. The molecule has 1 unspecified atom stereocenters. The predicted octanol–water partition coefficient (Wildman–Crippen LogP) is 5.22. The Labute approximate surface area is 285 Å². The Morgan fingerprint density at radius 2 is 1.75 bits per heavy atom. The summed E-state index contributed by atoms with van der Waals surface area (Å²) >= 11 is 1.17. The Morgan fingerprint density at radius 3 is 2.48 bits per heavy atom. The summed E-state index contributed by atoms with van der Waals surface area (Å²) in [4.78, 5) is 19.9. The molecule has 2 aromatic rings. The van der Waals surface area contributed by atoms with Crippen molar-refractivity contribution in [2.45, 2.75) is 94.2 Å². The number of thioether (sulfide) groups is 1. The van der Waals surface area contributed by atoms with E-state index < -0.39 is 24.0 Å². The number of halogens is 4. The first kappa shape index (κ1) is 35.6. The van der Waals surface area contributed by atoms with Crippen LogP contribution in [0.3, 0.4) is 0 Å². The first-order valence-corrected chi connectivity index (χ1v) is 18.8. The molecule has 3 saturated heterocycles. The number of fused-ring (bicyclic) bond motifs is 1. The fourth-order valence-electron chi connectivity index (χ4n) is 7.68. The van der Waals surface area contributed by atoms with Gasteiger partial charge in [0.15, 0.2) is 0 Å². The van der Waals surface area contributed by atoms with Crippen LogP contribution in [0, 0.1) is 5.92 Å². The molecule has 0 spiro atoms. The van der Waals surface area contributed by atoms with Crippen molar-refractivity contribution in [2.75, 3.05) is 64.7 Å². The maximum atomic E-state index is 14.2. The van der Waals surface area contributed by atoms with Gasteiger partial charge < -0.3 is 25.1 Å².